The van der Waals surface area contributed by atoms with Crippen LogP contribution in [0.2, 0.25) is 5.02 Å². The second kappa shape index (κ2) is 10.3. The first kappa shape index (κ1) is 23.1. The maximum absolute atomic E-state index is 6.39. The Morgan fingerprint density at radius 1 is 1.09 bits per heavy atom. The van der Waals surface area contributed by atoms with E-state index in [1.165, 1.54) is 23.6 Å². The van der Waals surface area contributed by atoms with Crippen molar-refractivity contribution in [3.05, 3.63) is 71.0 Å². The standard InChI is InChI=1S/C23H20ClN7O3S/c1-3-31-21(12-32-16-7-4-14(2)5-8-16)27-28-23(31)35-13-20-25-22(34-29-20)15-6-9-17(18(24)10-15)19-11-33-30-26-19/h4-11H,3,12-13H2,1-2H3. The molecule has 5 aromatic rings. The minimum absolute atomic E-state index is 0.331. The smallest absolute Gasteiger partial charge is 0.258 e. The average Bonchev–Trinajstić information content (AvgIpc) is 3.63. The third-order valence-electron chi connectivity index (χ3n) is 5.15. The van der Waals surface area contributed by atoms with E-state index >= 15 is 0 Å². The molecular weight excluding hydrogens is 490 g/mol. The van der Waals surface area contributed by atoms with E-state index in [4.69, 9.17) is 25.4 Å². The lowest BCUT2D eigenvalue weighted by Gasteiger charge is -2.08. The van der Waals surface area contributed by atoms with Crippen LogP contribution in [0.3, 0.4) is 0 Å². The molecule has 0 amide bonds. The van der Waals surface area contributed by atoms with Crippen LogP contribution in [0.5, 0.6) is 5.75 Å². The Kier molecular flexibility index (Phi) is 6.77. The maximum Gasteiger partial charge on any atom is 0.258 e. The van der Waals surface area contributed by atoms with E-state index in [1.807, 2.05) is 48.7 Å². The summed E-state index contributed by atoms with van der Waals surface area (Å²) in [6, 6.07) is 13.3. The van der Waals surface area contributed by atoms with Crippen molar-refractivity contribution in [3.8, 4) is 28.5 Å². The zero-order chi connectivity index (χ0) is 24.2. The molecule has 0 atom stereocenters. The number of ether oxygens (including phenoxy) is 1. The van der Waals surface area contributed by atoms with Crippen molar-refractivity contribution >= 4 is 23.4 Å². The third-order valence-corrected chi connectivity index (χ3v) is 6.42. The van der Waals surface area contributed by atoms with Gasteiger partial charge in [0.15, 0.2) is 23.1 Å². The molecule has 2 aromatic carbocycles. The highest BCUT2D eigenvalue weighted by Gasteiger charge is 2.16. The van der Waals surface area contributed by atoms with E-state index in [9.17, 15) is 0 Å². The summed E-state index contributed by atoms with van der Waals surface area (Å²) in [5.41, 5.74) is 3.13. The molecule has 0 fully saturated rings. The van der Waals surface area contributed by atoms with Crippen molar-refractivity contribution < 1.29 is 13.8 Å². The predicted molar refractivity (Wildman–Crippen MR) is 129 cm³/mol. The Morgan fingerprint density at radius 3 is 2.69 bits per heavy atom. The Hall–Kier alpha value is -3.70. The lowest BCUT2D eigenvalue weighted by Crippen LogP contribution is -2.07. The van der Waals surface area contributed by atoms with Crippen LogP contribution in [0.15, 0.2) is 62.9 Å². The predicted octanol–water partition coefficient (Wildman–Crippen LogP) is 5.23. The number of benzene rings is 2. The van der Waals surface area contributed by atoms with Gasteiger partial charge in [0.2, 0.25) is 0 Å². The van der Waals surface area contributed by atoms with E-state index in [0.29, 0.717) is 52.5 Å². The highest BCUT2D eigenvalue weighted by molar-refractivity contribution is 7.98. The highest BCUT2D eigenvalue weighted by Crippen LogP contribution is 2.31. The summed E-state index contributed by atoms with van der Waals surface area (Å²) in [5, 5.41) is 21.3. The fourth-order valence-corrected chi connectivity index (χ4v) is 4.47. The molecule has 0 unspecified atom stereocenters. The Balaban J connectivity index is 1.23. The summed E-state index contributed by atoms with van der Waals surface area (Å²) < 4.78 is 18.1. The number of nitrogens with zero attached hydrogens (tertiary/aromatic N) is 7. The molecule has 0 saturated carbocycles. The molecule has 0 aliphatic heterocycles. The summed E-state index contributed by atoms with van der Waals surface area (Å²) in [6.45, 7) is 5.12. The zero-order valence-corrected chi connectivity index (χ0v) is 20.5. The molecule has 0 spiro atoms. The van der Waals surface area contributed by atoms with Crippen LogP contribution >= 0.6 is 23.4 Å². The number of hydrogen-bond acceptors (Lipinski definition) is 10. The molecule has 0 aliphatic rings. The molecule has 3 heterocycles. The lowest BCUT2D eigenvalue weighted by atomic mass is 10.1. The van der Waals surface area contributed by atoms with Gasteiger partial charge in [-0.2, -0.15) is 4.98 Å². The van der Waals surface area contributed by atoms with Crippen LogP contribution in [0, 0.1) is 6.92 Å². The minimum atomic E-state index is 0.331. The Labute approximate surface area is 209 Å². The van der Waals surface area contributed by atoms with Crippen molar-refractivity contribution in [2.24, 2.45) is 0 Å². The fourth-order valence-electron chi connectivity index (χ4n) is 3.33. The molecule has 35 heavy (non-hydrogen) atoms. The van der Waals surface area contributed by atoms with Crippen LogP contribution in [0.4, 0.5) is 0 Å². The van der Waals surface area contributed by atoms with Crippen LogP contribution < -0.4 is 4.74 Å². The van der Waals surface area contributed by atoms with Crippen LogP contribution in [0.1, 0.15) is 24.1 Å². The normalized spacial score (nSPS) is 11.2. The van der Waals surface area contributed by atoms with Crippen LogP contribution in [0.25, 0.3) is 22.7 Å². The first-order valence-corrected chi connectivity index (χ1v) is 12.1. The minimum Gasteiger partial charge on any atom is -0.486 e. The topological polar surface area (TPSA) is 118 Å². The third kappa shape index (κ3) is 5.20. The van der Waals surface area contributed by atoms with Crippen molar-refractivity contribution in [1.29, 1.82) is 0 Å². The molecular formula is C23H20ClN7O3S. The van der Waals surface area contributed by atoms with Gasteiger partial charge in [0.1, 0.15) is 18.1 Å². The van der Waals surface area contributed by atoms with Crippen LogP contribution in [-0.2, 0) is 18.9 Å². The van der Waals surface area contributed by atoms with Crippen molar-refractivity contribution in [3.63, 3.8) is 0 Å². The number of rotatable bonds is 9. The number of thioether (sulfide) groups is 1. The molecule has 0 aliphatic carbocycles. The molecule has 10 nitrogen and oxygen atoms in total. The van der Waals surface area contributed by atoms with Gasteiger partial charge in [-0.1, -0.05) is 52.3 Å². The van der Waals surface area contributed by atoms with E-state index < -0.39 is 0 Å². The van der Waals surface area contributed by atoms with Crippen LogP contribution in [-0.4, -0.2) is 35.3 Å². The SMILES string of the molecule is CCn1c(COc2ccc(C)cc2)nnc1SCc1noc(-c2ccc(-c3conn3)c(Cl)c2)n1. The largest absolute Gasteiger partial charge is 0.486 e. The lowest BCUT2D eigenvalue weighted by molar-refractivity contribution is 0.288. The number of aryl methyl sites for hydroxylation is 1. The molecule has 0 radical (unpaired) electrons. The van der Waals surface area contributed by atoms with Gasteiger partial charge in [0, 0.05) is 22.9 Å². The van der Waals surface area contributed by atoms with Gasteiger partial charge in [0.05, 0.1) is 10.8 Å². The van der Waals surface area contributed by atoms with Gasteiger partial charge in [0.25, 0.3) is 5.89 Å². The zero-order valence-electron chi connectivity index (χ0n) is 18.9. The first-order valence-electron chi connectivity index (χ1n) is 10.7. The summed E-state index contributed by atoms with van der Waals surface area (Å²) in [5.74, 6) is 2.92. The molecule has 12 heteroatoms. The number of halogens is 1. The van der Waals surface area contributed by atoms with Crippen molar-refractivity contribution in [2.75, 3.05) is 0 Å². The van der Waals surface area contributed by atoms with E-state index in [-0.39, 0.29) is 0 Å². The van der Waals surface area contributed by atoms with E-state index in [2.05, 4.69) is 30.7 Å². The molecule has 178 valence electrons. The van der Waals surface area contributed by atoms with Gasteiger partial charge in [-0.15, -0.1) is 15.3 Å². The molecule has 0 bridgehead atoms. The Bertz CT molecular complexity index is 1420. The van der Waals surface area contributed by atoms with E-state index in [1.54, 1.807) is 12.1 Å². The number of hydrogen-bond donors (Lipinski definition) is 0. The van der Waals surface area contributed by atoms with Crippen molar-refractivity contribution in [2.45, 2.75) is 37.9 Å². The van der Waals surface area contributed by atoms with Gasteiger partial charge in [-0.05, 0) is 38.1 Å². The molecule has 0 N–H and O–H groups in total. The quantitative estimate of drug-likeness (QED) is 0.244. The summed E-state index contributed by atoms with van der Waals surface area (Å²) in [4.78, 5) is 4.49. The van der Waals surface area contributed by atoms with Gasteiger partial charge in [-0.25, -0.2) is 0 Å². The van der Waals surface area contributed by atoms with E-state index in [0.717, 1.165) is 16.7 Å². The van der Waals surface area contributed by atoms with Crippen molar-refractivity contribution in [1.82, 2.24) is 35.3 Å². The summed E-state index contributed by atoms with van der Waals surface area (Å²) in [7, 11) is 0. The number of aromatic nitrogens is 7. The van der Waals surface area contributed by atoms with Gasteiger partial charge >= 0.3 is 0 Å². The van der Waals surface area contributed by atoms with Gasteiger partial charge < -0.3 is 18.4 Å². The second-order valence-corrected chi connectivity index (χ2v) is 8.88. The molecule has 3 aromatic heterocycles. The average molecular weight is 510 g/mol. The fraction of sp³-hybridized carbons (Fsp3) is 0.217. The second-order valence-electron chi connectivity index (χ2n) is 7.53. The monoisotopic (exact) mass is 509 g/mol. The Morgan fingerprint density at radius 2 is 1.94 bits per heavy atom. The van der Waals surface area contributed by atoms with Gasteiger partial charge in [-0.3, -0.25) is 0 Å². The summed E-state index contributed by atoms with van der Waals surface area (Å²) >= 11 is 7.87. The maximum atomic E-state index is 6.39. The highest BCUT2D eigenvalue weighted by atomic mass is 35.5. The molecule has 0 saturated heterocycles. The summed E-state index contributed by atoms with van der Waals surface area (Å²) in [6.07, 6.45) is 1.43. The molecule has 5 rings (SSSR count). The first-order chi connectivity index (χ1) is 17.1.